The number of hydrogen-bond acceptors (Lipinski definition) is 4. The Bertz CT molecular complexity index is 986. The molecule has 1 aliphatic rings. The summed E-state index contributed by atoms with van der Waals surface area (Å²) in [5, 5.41) is 16.3. The van der Waals surface area contributed by atoms with E-state index in [1.165, 1.54) is 0 Å². The van der Waals surface area contributed by atoms with Crippen molar-refractivity contribution in [3.05, 3.63) is 58.1 Å². The van der Waals surface area contributed by atoms with Crippen LogP contribution in [0.15, 0.2) is 36.4 Å². The van der Waals surface area contributed by atoms with Crippen LogP contribution in [0.1, 0.15) is 67.1 Å². The Hall–Kier alpha value is -2.73. The molecule has 1 amide bonds. The standard InChI is InChI=1S/C26H33ClN2O4/c1-4-18-13-20(25(30)28-15-17-5-7-19(8-6-17)26(31)32)9-11-23(18)29-16(2)22-14-21(27)10-12-24(22)33-3/h9-14,16-17,19,29H,4-8,15H2,1-3H3,(H,28,30)(H,31,32). The fourth-order valence-corrected chi connectivity index (χ4v) is 4.66. The molecule has 0 bridgehead atoms. The molecule has 7 heteroatoms. The van der Waals surface area contributed by atoms with E-state index in [1.54, 1.807) is 13.2 Å². The molecule has 1 fully saturated rings. The van der Waals surface area contributed by atoms with Crippen LogP contribution in [0.3, 0.4) is 0 Å². The number of carboxylic acids is 1. The molecule has 0 aromatic heterocycles. The number of aliphatic carboxylic acids is 1. The van der Waals surface area contributed by atoms with Crippen molar-refractivity contribution in [2.24, 2.45) is 11.8 Å². The van der Waals surface area contributed by atoms with Gasteiger partial charge in [0.1, 0.15) is 5.75 Å². The number of anilines is 1. The van der Waals surface area contributed by atoms with Crippen LogP contribution < -0.4 is 15.4 Å². The van der Waals surface area contributed by atoms with Crippen molar-refractivity contribution in [2.45, 2.75) is 52.0 Å². The molecule has 1 saturated carbocycles. The van der Waals surface area contributed by atoms with E-state index < -0.39 is 5.97 Å². The predicted molar refractivity (Wildman–Crippen MR) is 131 cm³/mol. The number of hydrogen-bond donors (Lipinski definition) is 3. The summed E-state index contributed by atoms with van der Waals surface area (Å²) >= 11 is 6.19. The number of methoxy groups -OCH3 is 1. The van der Waals surface area contributed by atoms with Gasteiger partial charge in [-0.25, -0.2) is 0 Å². The number of aryl methyl sites for hydroxylation is 1. The van der Waals surface area contributed by atoms with Crippen LogP contribution in [0.25, 0.3) is 0 Å². The third kappa shape index (κ3) is 6.41. The topological polar surface area (TPSA) is 87.7 Å². The molecule has 0 aliphatic heterocycles. The minimum atomic E-state index is -0.707. The van der Waals surface area contributed by atoms with Gasteiger partial charge in [-0.15, -0.1) is 0 Å². The zero-order valence-electron chi connectivity index (χ0n) is 19.5. The summed E-state index contributed by atoms with van der Waals surface area (Å²) in [6.07, 6.45) is 3.83. The van der Waals surface area contributed by atoms with Crippen LogP contribution >= 0.6 is 11.6 Å². The highest BCUT2D eigenvalue weighted by Crippen LogP contribution is 2.32. The smallest absolute Gasteiger partial charge is 0.306 e. The van der Waals surface area contributed by atoms with Crippen LogP contribution in [0.2, 0.25) is 5.02 Å². The number of halogens is 1. The average molecular weight is 473 g/mol. The van der Waals surface area contributed by atoms with Gasteiger partial charge in [-0.1, -0.05) is 18.5 Å². The molecule has 0 saturated heterocycles. The maximum absolute atomic E-state index is 12.7. The second-order valence-electron chi connectivity index (χ2n) is 8.74. The highest BCUT2D eigenvalue weighted by Gasteiger charge is 2.26. The van der Waals surface area contributed by atoms with Gasteiger partial charge in [0, 0.05) is 28.4 Å². The number of amides is 1. The first kappa shape index (κ1) is 24.9. The van der Waals surface area contributed by atoms with Crippen molar-refractivity contribution >= 4 is 29.2 Å². The first-order valence-corrected chi connectivity index (χ1v) is 11.9. The van der Waals surface area contributed by atoms with Gasteiger partial charge in [-0.05, 0) is 86.9 Å². The van der Waals surface area contributed by atoms with E-state index >= 15 is 0 Å². The lowest BCUT2D eigenvalue weighted by Gasteiger charge is -2.26. The Balaban J connectivity index is 1.63. The van der Waals surface area contributed by atoms with E-state index in [-0.39, 0.29) is 17.9 Å². The molecule has 0 heterocycles. The van der Waals surface area contributed by atoms with Gasteiger partial charge in [-0.3, -0.25) is 9.59 Å². The van der Waals surface area contributed by atoms with Crippen molar-refractivity contribution in [1.82, 2.24) is 5.32 Å². The van der Waals surface area contributed by atoms with Gasteiger partial charge in [-0.2, -0.15) is 0 Å². The summed E-state index contributed by atoms with van der Waals surface area (Å²) in [7, 11) is 1.64. The van der Waals surface area contributed by atoms with E-state index in [9.17, 15) is 9.59 Å². The summed E-state index contributed by atoms with van der Waals surface area (Å²) < 4.78 is 5.48. The molecule has 178 valence electrons. The number of benzene rings is 2. The molecule has 3 rings (SSSR count). The number of carbonyl (C=O) groups is 2. The van der Waals surface area contributed by atoms with Crippen molar-refractivity contribution in [2.75, 3.05) is 19.0 Å². The van der Waals surface area contributed by atoms with E-state index in [4.69, 9.17) is 21.4 Å². The molecule has 2 aromatic carbocycles. The predicted octanol–water partition coefficient (Wildman–Crippen LogP) is 5.70. The first-order valence-electron chi connectivity index (χ1n) is 11.6. The lowest BCUT2D eigenvalue weighted by molar-refractivity contribution is -0.143. The summed E-state index contributed by atoms with van der Waals surface area (Å²) in [6, 6.07) is 11.2. The van der Waals surface area contributed by atoms with E-state index in [0.29, 0.717) is 35.9 Å². The maximum Gasteiger partial charge on any atom is 0.306 e. The molecule has 1 atom stereocenters. The Morgan fingerprint density at radius 1 is 1.15 bits per heavy atom. The number of carbonyl (C=O) groups excluding carboxylic acids is 1. The zero-order chi connectivity index (χ0) is 24.0. The fraction of sp³-hybridized carbons (Fsp3) is 0.462. The highest BCUT2D eigenvalue weighted by atomic mass is 35.5. The van der Waals surface area contributed by atoms with Gasteiger partial charge < -0.3 is 20.5 Å². The van der Waals surface area contributed by atoms with Crippen molar-refractivity contribution in [1.29, 1.82) is 0 Å². The Morgan fingerprint density at radius 2 is 1.88 bits per heavy atom. The molecule has 1 unspecified atom stereocenters. The minimum absolute atomic E-state index is 0.0374. The number of carboxylic acid groups (broad SMARTS) is 1. The van der Waals surface area contributed by atoms with Gasteiger partial charge in [0.15, 0.2) is 0 Å². The number of nitrogens with one attached hydrogen (secondary N) is 2. The molecular weight excluding hydrogens is 440 g/mol. The summed E-state index contributed by atoms with van der Waals surface area (Å²) in [4.78, 5) is 23.9. The monoisotopic (exact) mass is 472 g/mol. The molecule has 0 radical (unpaired) electrons. The SMILES string of the molecule is CCc1cc(C(=O)NCC2CCC(C(=O)O)CC2)ccc1NC(C)c1cc(Cl)ccc1OC. The molecule has 1 aliphatic carbocycles. The van der Waals surface area contributed by atoms with Crippen LogP contribution in [-0.4, -0.2) is 30.6 Å². The third-order valence-corrected chi connectivity index (χ3v) is 6.76. The summed E-state index contributed by atoms with van der Waals surface area (Å²) in [5.41, 5.74) is 3.61. The normalized spacial score (nSPS) is 18.9. The van der Waals surface area contributed by atoms with Gasteiger partial charge in [0.25, 0.3) is 5.91 Å². The van der Waals surface area contributed by atoms with Crippen LogP contribution in [0.5, 0.6) is 5.75 Å². The fourth-order valence-electron chi connectivity index (χ4n) is 4.48. The minimum Gasteiger partial charge on any atom is -0.496 e. The lowest BCUT2D eigenvalue weighted by atomic mass is 9.82. The average Bonchev–Trinajstić information content (AvgIpc) is 2.82. The number of rotatable bonds is 9. The van der Waals surface area contributed by atoms with Gasteiger partial charge >= 0.3 is 5.97 Å². The van der Waals surface area contributed by atoms with Crippen LogP contribution in [0.4, 0.5) is 5.69 Å². The quantitative estimate of drug-likeness (QED) is 0.435. The van der Waals surface area contributed by atoms with Gasteiger partial charge in [0.2, 0.25) is 0 Å². The second-order valence-corrected chi connectivity index (χ2v) is 9.18. The maximum atomic E-state index is 12.7. The summed E-state index contributed by atoms with van der Waals surface area (Å²) in [5.74, 6) is 0.0662. The highest BCUT2D eigenvalue weighted by molar-refractivity contribution is 6.30. The molecule has 6 nitrogen and oxygen atoms in total. The van der Waals surface area contributed by atoms with Crippen molar-refractivity contribution in [3.8, 4) is 5.75 Å². The van der Waals surface area contributed by atoms with E-state index in [2.05, 4.69) is 17.6 Å². The molecule has 33 heavy (non-hydrogen) atoms. The van der Waals surface area contributed by atoms with Crippen molar-refractivity contribution in [3.63, 3.8) is 0 Å². The summed E-state index contributed by atoms with van der Waals surface area (Å²) in [6.45, 7) is 4.69. The molecule has 2 aromatic rings. The first-order chi connectivity index (χ1) is 15.8. The van der Waals surface area contributed by atoms with Gasteiger partial charge in [0.05, 0.1) is 19.1 Å². The van der Waals surface area contributed by atoms with Crippen LogP contribution in [0, 0.1) is 11.8 Å². The zero-order valence-corrected chi connectivity index (χ0v) is 20.2. The van der Waals surface area contributed by atoms with E-state index in [1.807, 2.05) is 37.3 Å². The molecular formula is C26H33ClN2O4. The number of ether oxygens (including phenoxy) is 1. The second kappa shape index (κ2) is 11.4. The lowest BCUT2D eigenvalue weighted by Crippen LogP contribution is -2.32. The Kier molecular flexibility index (Phi) is 8.61. The van der Waals surface area contributed by atoms with E-state index in [0.717, 1.165) is 41.8 Å². The van der Waals surface area contributed by atoms with Crippen LogP contribution in [-0.2, 0) is 11.2 Å². The Labute approximate surface area is 200 Å². The molecule has 0 spiro atoms. The third-order valence-electron chi connectivity index (χ3n) is 6.53. The largest absolute Gasteiger partial charge is 0.496 e. The molecule has 3 N–H and O–H groups in total. The van der Waals surface area contributed by atoms with Crippen molar-refractivity contribution < 1.29 is 19.4 Å². The Morgan fingerprint density at radius 3 is 2.52 bits per heavy atom.